The van der Waals surface area contributed by atoms with Crippen LogP contribution in [0.5, 0.6) is 0 Å². The number of hydrogen-bond donors (Lipinski definition) is 3. The van der Waals surface area contributed by atoms with E-state index in [9.17, 15) is 9.90 Å². The van der Waals surface area contributed by atoms with Gasteiger partial charge >= 0.3 is 5.97 Å². The van der Waals surface area contributed by atoms with Crippen molar-refractivity contribution >= 4 is 5.97 Å². The molecule has 0 bridgehead atoms. The molecule has 0 aliphatic carbocycles. The van der Waals surface area contributed by atoms with E-state index in [1.807, 2.05) is 59.2 Å². The average Bonchev–Trinajstić information content (AvgIpc) is 3.52. The van der Waals surface area contributed by atoms with Crippen LogP contribution < -0.4 is 5.32 Å². The first kappa shape index (κ1) is 24.0. The summed E-state index contributed by atoms with van der Waals surface area (Å²) in [4.78, 5) is 14.7. The van der Waals surface area contributed by atoms with E-state index in [-0.39, 0.29) is 6.42 Å². The van der Waals surface area contributed by atoms with Gasteiger partial charge in [-0.3, -0.25) is 4.79 Å². The highest BCUT2D eigenvalue weighted by Gasteiger charge is 2.12. The second-order valence-corrected chi connectivity index (χ2v) is 8.12. The van der Waals surface area contributed by atoms with Gasteiger partial charge in [0.1, 0.15) is 17.6 Å². The molecule has 0 aliphatic heterocycles. The molecule has 0 amide bonds. The van der Waals surface area contributed by atoms with Gasteiger partial charge in [-0.25, -0.2) is 4.98 Å². The van der Waals surface area contributed by atoms with Crippen LogP contribution in [0.25, 0.3) is 11.3 Å². The zero-order valence-corrected chi connectivity index (χ0v) is 19.3. The predicted molar refractivity (Wildman–Crippen MR) is 130 cm³/mol. The minimum Gasteiger partial charge on any atom is -0.481 e. The molecule has 178 valence electrons. The van der Waals surface area contributed by atoms with Crippen molar-refractivity contribution in [2.75, 3.05) is 6.54 Å². The molecule has 0 saturated carbocycles. The number of nitrogens with zero attached hydrogens (tertiary/aromatic N) is 3. The van der Waals surface area contributed by atoms with E-state index < -0.39 is 12.1 Å². The number of carbonyl (C=O) groups is 1. The van der Waals surface area contributed by atoms with Crippen LogP contribution in [0.3, 0.4) is 0 Å². The zero-order chi connectivity index (χ0) is 24.6. The number of aromatic nitrogens is 3. The summed E-state index contributed by atoms with van der Waals surface area (Å²) in [5, 5.41) is 25.7. The molecule has 1 atom stereocenters. The average molecular weight is 471 g/mol. The fraction of sp³-hybridized carbons (Fsp3) is 0.222. The largest absolute Gasteiger partial charge is 0.481 e. The van der Waals surface area contributed by atoms with Gasteiger partial charge < -0.3 is 24.6 Å². The molecule has 2 heterocycles. The summed E-state index contributed by atoms with van der Waals surface area (Å²) in [7, 11) is 0. The number of carboxylic acids is 1. The van der Waals surface area contributed by atoms with Gasteiger partial charge in [-0.05, 0) is 48.9 Å². The Bertz CT molecular complexity index is 1330. The van der Waals surface area contributed by atoms with Crippen molar-refractivity contribution in [3.63, 3.8) is 0 Å². The van der Waals surface area contributed by atoms with Gasteiger partial charge in [-0.2, -0.15) is 0 Å². The molecular formula is C27H26N4O4. The second kappa shape index (κ2) is 11.3. The Morgan fingerprint density at radius 2 is 1.80 bits per heavy atom. The molecular weight excluding hydrogens is 444 g/mol. The monoisotopic (exact) mass is 470 g/mol. The molecule has 0 spiro atoms. The molecule has 3 N–H and O–H groups in total. The topological polar surface area (TPSA) is 113 Å². The Balaban J connectivity index is 1.34. The van der Waals surface area contributed by atoms with Crippen molar-refractivity contribution in [1.82, 2.24) is 20.0 Å². The van der Waals surface area contributed by atoms with Crippen molar-refractivity contribution in [3.8, 4) is 23.2 Å². The maximum Gasteiger partial charge on any atom is 0.304 e. The van der Waals surface area contributed by atoms with E-state index in [0.717, 1.165) is 27.9 Å². The molecule has 2 aromatic carbocycles. The van der Waals surface area contributed by atoms with Gasteiger partial charge in [0, 0.05) is 48.2 Å². The summed E-state index contributed by atoms with van der Waals surface area (Å²) < 4.78 is 7.35. The number of rotatable bonds is 9. The molecule has 4 rings (SSSR count). The smallest absolute Gasteiger partial charge is 0.304 e. The van der Waals surface area contributed by atoms with E-state index in [1.165, 1.54) is 0 Å². The predicted octanol–water partition coefficient (Wildman–Crippen LogP) is 3.60. The number of nitrogens with one attached hydrogen (secondary N) is 1. The highest BCUT2D eigenvalue weighted by molar-refractivity contribution is 5.66. The maximum atomic E-state index is 10.5. The number of aliphatic hydroxyl groups excluding tert-OH is 1. The molecule has 35 heavy (non-hydrogen) atoms. The third kappa shape index (κ3) is 6.67. The Labute approximate surface area is 203 Å². The molecule has 8 nitrogen and oxygen atoms in total. The minimum absolute atomic E-state index is 0.107. The van der Waals surface area contributed by atoms with Crippen LogP contribution in [0.15, 0.2) is 71.5 Å². The quantitative estimate of drug-likeness (QED) is 0.253. The van der Waals surface area contributed by atoms with Crippen LogP contribution in [0.1, 0.15) is 47.7 Å². The Morgan fingerprint density at radius 1 is 1.11 bits per heavy atom. The van der Waals surface area contributed by atoms with Crippen molar-refractivity contribution in [2.45, 2.75) is 32.5 Å². The zero-order valence-electron chi connectivity index (χ0n) is 19.3. The number of aliphatic carboxylic acids is 1. The molecule has 8 heteroatoms. The third-order valence-corrected chi connectivity index (χ3v) is 5.33. The van der Waals surface area contributed by atoms with E-state index in [1.54, 1.807) is 19.3 Å². The maximum absolute atomic E-state index is 10.5. The fourth-order valence-electron chi connectivity index (χ4n) is 3.52. The van der Waals surface area contributed by atoms with E-state index >= 15 is 0 Å². The number of imidazole rings is 1. The number of benzene rings is 2. The van der Waals surface area contributed by atoms with Gasteiger partial charge in [0.25, 0.3) is 0 Å². The van der Waals surface area contributed by atoms with Gasteiger partial charge in [0.2, 0.25) is 0 Å². The first-order valence-electron chi connectivity index (χ1n) is 11.3. The van der Waals surface area contributed by atoms with Crippen LogP contribution >= 0.6 is 0 Å². The summed E-state index contributed by atoms with van der Waals surface area (Å²) in [6.45, 7) is 3.20. The lowest BCUT2D eigenvalue weighted by atomic mass is 10.1. The van der Waals surface area contributed by atoms with Gasteiger partial charge in [0.15, 0.2) is 5.76 Å². The van der Waals surface area contributed by atoms with E-state index in [0.29, 0.717) is 31.2 Å². The van der Waals surface area contributed by atoms with Crippen LogP contribution in [-0.4, -0.2) is 37.4 Å². The molecule has 0 fully saturated rings. The number of aliphatic hydroxyl groups is 1. The lowest BCUT2D eigenvalue weighted by Gasteiger charge is -2.07. The highest BCUT2D eigenvalue weighted by Crippen LogP contribution is 2.22. The Hall–Kier alpha value is -4.19. The van der Waals surface area contributed by atoms with Gasteiger partial charge in [-0.1, -0.05) is 29.1 Å². The number of carboxylic acid groups (broad SMARTS) is 1. The molecule has 0 radical (unpaired) electrons. The van der Waals surface area contributed by atoms with Crippen molar-refractivity contribution in [2.24, 2.45) is 0 Å². The lowest BCUT2D eigenvalue weighted by Crippen LogP contribution is -2.17. The molecule has 0 unspecified atom stereocenters. The number of hydrogen-bond acceptors (Lipinski definition) is 6. The summed E-state index contributed by atoms with van der Waals surface area (Å²) in [6.07, 6.45) is 2.91. The Morgan fingerprint density at radius 3 is 2.46 bits per heavy atom. The normalized spacial score (nSPS) is 11.6. The standard InChI is InChI=1S/C27H26N4O4/c1-19(32)27-29-14-15-31(27)18-24-16-25(35-30-24)23-10-8-21(9-11-23)3-2-20-4-6-22(7-5-20)17-28-13-12-26(33)34/h4-11,14-16,19,28,32H,12-13,17-18H2,1H3,(H,33,34)/t19-/m0/s1. The van der Waals surface area contributed by atoms with Crippen LogP contribution in [0, 0.1) is 11.8 Å². The first-order chi connectivity index (χ1) is 17.0. The molecule has 2 aromatic heterocycles. The van der Waals surface area contributed by atoms with Crippen molar-refractivity contribution in [1.29, 1.82) is 0 Å². The van der Waals surface area contributed by atoms with Crippen molar-refractivity contribution < 1.29 is 19.5 Å². The summed E-state index contributed by atoms with van der Waals surface area (Å²) >= 11 is 0. The third-order valence-electron chi connectivity index (χ3n) is 5.33. The van der Waals surface area contributed by atoms with Gasteiger partial charge in [0.05, 0.1) is 13.0 Å². The van der Waals surface area contributed by atoms with Crippen LogP contribution in [-0.2, 0) is 17.9 Å². The minimum atomic E-state index is -0.806. The molecule has 4 aromatic rings. The lowest BCUT2D eigenvalue weighted by molar-refractivity contribution is -0.136. The van der Waals surface area contributed by atoms with Crippen LogP contribution in [0.2, 0.25) is 0 Å². The van der Waals surface area contributed by atoms with E-state index in [4.69, 9.17) is 9.63 Å². The summed E-state index contributed by atoms with van der Waals surface area (Å²) in [5.41, 5.74) is 4.50. The van der Waals surface area contributed by atoms with E-state index in [2.05, 4.69) is 27.3 Å². The Kier molecular flexibility index (Phi) is 7.73. The fourth-order valence-corrected chi connectivity index (χ4v) is 3.52. The summed E-state index contributed by atoms with van der Waals surface area (Å²) in [6, 6.07) is 17.5. The van der Waals surface area contributed by atoms with Crippen LogP contribution in [0.4, 0.5) is 0 Å². The SMILES string of the molecule is C[C@H](O)c1nccn1Cc1cc(-c2ccc(C#Cc3ccc(CNCCC(=O)O)cc3)cc2)on1. The highest BCUT2D eigenvalue weighted by atomic mass is 16.5. The molecule has 0 aliphatic rings. The van der Waals surface area contributed by atoms with Crippen molar-refractivity contribution in [3.05, 3.63) is 95.2 Å². The summed E-state index contributed by atoms with van der Waals surface area (Å²) in [5.74, 6) is 6.76. The van der Waals surface area contributed by atoms with Gasteiger partial charge in [-0.15, -0.1) is 0 Å². The molecule has 0 saturated heterocycles. The first-order valence-corrected chi connectivity index (χ1v) is 11.3. The second-order valence-electron chi connectivity index (χ2n) is 8.12.